The van der Waals surface area contributed by atoms with Gasteiger partial charge in [-0.2, -0.15) is 0 Å². The van der Waals surface area contributed by atoms with Gasteiger partial charge in [-0.3, -0.25) is 9.59 Å². The van der Waals surface area contributed by atoms with Crippen LogP contribution in [0.15, 0.2) is 18.2 Å². The third kappa shape index (κ3) is 3.24. The van der Waals surface area contributed by atoms with Crippen LogP contribution in [0.2, 0.25) is 5.02 Å². The molecule has 1 unspecified atom stereocenters. The van der Waals surface area contributed by atoms with Gasteiger partial charge in [-0.25, -0.2) is 4.39 Å². The fraction of sp³-hybridized carbons (Fsp3) is 0.500. The number of nitrogens with one attached hydrogen (secondary N) is 1. The van der Waals surface area contributed by atoms with Crippen LogP contribution >= 0.6 is 11.6 Å². The highest BCUT2D eigenvalue weighted by Crippen LogP contribution is 2.42. The fourth-order valence-corrected chi connectivity index (χ4v) is 3.20. The molecule has 0 saturated heterocycles. The van der Waals surface area contributed by atoms with Gasteiger partial charge in [0.1, 0.15) is 11.7 Å². The summed E-state index contributed by atoms with van der Waals surface area (Å²) in [4.78, 5) is 22.7. The molecule has 120 valence electrons. The minimum absolute atomic E-state index is 0.0639. The fourth-order valence-electron chi connectivity index (χ4n) is 3.03. The van der Waals surface area contributed by atoms with E-state index >= 15 is 0 Å². The lowest BCUT2D eigenvalue weighted by Crippen LogP contribution is -2.43. The summed E-state index contributed by atoms with van der Waals surface area (Å²) in [6.07, 6.45) is 3.37. The quantitative estimate of drug-likeness (QED) is 0.816. The SMILES string of the molecule is CC(C(=O)O)C(=O)NCC1(c2cccc(Cl)c2F)CCCC1. The number of carboxylic acids is 1. The number of halogens is 2. The van der Waals surface area contributed by atoms with E-state index in [9.17, 15) is 14.0 Å². The summed E-state index contributed by atoms with van der Waals surface area (Å²) >= 11 is 5.87. The Kier molecular flexibility index (Phi) is 5.06. The molecule has 1 aliphatic carbocycles. The summed E-state index contributed by atoms with van der Waals surface area (Å²) in [6.45, 7) is 1.56. The normalized spacial score (nSPS) is 18.0. The first-order valence-electron chi connectivity index (χ1n) is 7.32. The van der Waals surface area contributed by atoms with E-state index in [2.05, 4.69) is 5.32 Å². The molecule has 0 heterocycles. The van der Waals surface area contributed by atoms with Crippen LogP contribution in [0.3, 0.4) is 0 Å². The topological polar surface area (TPSA) is 66.4 Å². The van der Waals surface area contributed by atoms with E-state index in [0.717, 1.165) is 25.7 Å². The molecule has 1 aliphatic rings. The van der Waals surface area contributed by atoms with Crippen LogP contribution in [-0.4, -0.2) is 23.5 Å². The molecular weight excluding hydrogens is 309 g/mol. The largest absolute Gasteiger partial charge is 0.481 e. The molecule has 0 aromatic heterocycles. The highest BCUT2D eigenvalue weighted by Gasteiger charge is 2.39. The second-order valence-corrected chi connectivity index (χ2v) is 6.27. The van der Waals surface area contributed by atoms with E-state index in [1.54, 1.807) is 12.1 Å². The minimum Gasteiger partial charge on any atom is -0.481 e. The maximum absolute atomic E-state index is 14.4. The average Bonchev–Trinajstić information content (AvgIpc) is 2.96. The van der Waals surface area contributed by atoms with Crippen LogP contribution in [-0.2, 0) is 15.0 Å². The van der Waals surface area contributed by atoms with Crippen molar-refractivity contribution in [3.05, 3.63) is 34.6 Å². The lowest BCUT2D eigenvalue weighted by atomic mass is 9.78. The Hall–Kier alpha value is -1.62. The Balaban J connectivity index is 2.21. The maximum Gasteiger partial charge on any atom is 0.315 e. The zero-order valence-corrected chi connectivity index (χ0v) is 13.1. The zero-order chi connectivity index (χ0) is 16.3. The molecule has 2 rings (SSSR count). The van der Waals surface area contributed by atoms with Crippen LogP contribution < -0.4 is 5.32 Å². The van der Waals surface area contributed by atoms with Gasteiger partial charge in [0.15, 0.2) is 0 Å². The second kappa shape index (κ2) is 6.65. The first kappa shape index (κ1) is 16.7. The van der Waals surface area contributed by atoms with E-state index in [1.165, 1.54) is 13.0 Å². The zero-order valence-electron chi connectivity index (χ0n) is 12.4. The Morgan fingerprint density at radius 1 is 1.41 bits per heavy atom. The van der Waals surface area contributed by atoms with E-state index in [4.69, 9.17) is 16.7 Å². The Bertz CT molecular complexity index is 585. The predicted octanol–water partition coefficient (Wildman–Crippen LogP) is 3.13. The van der Waals surface area contributed by atoms with Gasteiger partial charge in [-0.1, -0.05) is 36.6 Å². The number of carbonyl (C=O) groups excluding carboxylic acids is 1. The summed E-state index contributed by atoms with van der Waals surface area (Å²) in [5, 5.41) is 11.6. The van der Waals surface area contributed by atoms with Crippen LogP contribution in [0.25, 0.3) is 0 Å². The Morgan fingerprint density at radius 2 is 2.05 bits per heavy atom. The number of benzene rings is 1. The molecule has 1 amide bonds. The lowest BCUT2D eigenvalue weighted by molar-refractivity contribution is -0.146. The Labute approximate surface area is 133 Å². The molecule has 0 spiro atoms. The average molecular weight is 328 g/mol. The number of rotatable bonds is 5. The van der Waals surface area contributed by atoms with Gasteiger partial charge in [0.2, 0.25) is 5.91 Å². The number of carboxylic acid groups (broad SMARTS) is 1. The third-order valence-electron chi connectivity index (χ3n) is 4.45. The van der Waals surface area contributed by atoms with Gasteiger partial charge in [0.25, 0.3) is 0 Å². The summed E-state index contributed by atoms with van der Waals surface area (Å²) < 4.78 is 14.4. The van der Waals surface area contributed by atoms with Crippen molar-refractivity contribution in [2.75, 3.05) is 6.54 Å². The van der Waals surface area contributed by atoms with Crippen LogP contribution in [0.1, 0.15) is 38.2 Å². The molecule has 1 aromatic carbocycles. The molecular formula is C16H19ClFNO3. The Morgan fingerprint density at radius 3 is 2.64 bits per heavy atom. The van der Waals surface area contributed by atoms with E-state index in [-0.39, 0.29) is 11.6 Å². The van der Waals surface area contributed by atoms with Gasteiger partial charge >= 0.3 is 5.97 Å². The molecule has 1 saturated carbocycles. The number of hydrogen-bond acceptors (Lipinski definition) is 2. The third-order valence-corrected chi connectivity index (χ3v) is 4.74. The van der Waals surface area contributed by atoms with Crippen LogP contribution in [0.4, 0.5) is 4.39 Å². The van der Waals surface area contributed by atoms with Crippen molar-refractivity contribution in [3.8, 4) is 0 Å². The van der Waals surface area contributed by atoms with E-state index in [0.29, 0.717) is 5.56 Å². The van der Waals surface area contributed by atoms with Gasteiger partial charge in [-0.15, -0.1) is 0 Å². The number of aliphatic carboxylic acids is 1. The molecule has 0 aliphatic heterocycles. The monoisotopic (exact) mass is 327 g/mol. The highest BCUT2D eigenvalue weighted by molar-refractivity contribution is 6.30. The van der Waals surface area contributed by atoms with Crippen molar-refractivity contribution in [2.24, 2.45) is 5.92 Å². The molecule has 6 heteroatoms. The van der Waals surface area contributed by atoms with Crippen molar-refractivity contribution < 1.29 is 19.1 Å². The maximum atomic E-state index is 14.4. The van der Waals surface area contributed by atoms with Crippen molar-refractivity contribution in [1.29, 1.82) is 0 Å². The second-order valence-electron chi connectivity index (χ2n) is 5.87. The van der Waals surface area contributed by atoms with Gasteiger partial charge in [-0.05, 0) is 31.4 Å². The molecule has 1 aromatic rings. The first-order valence-corrected chi connectivity index (χ1v) is 7.70. The molecule has 2 N–H and O–H groups in total. The van der Waals surface area contributed by atoms with Crippen LogP contribution in [0, 0.1) is 11.7 Å². The standard InChI is InChI=1S/C16H19ClFNO3/c1-10(15(21)22)14(20)19-9-16(7-2-3-8-16)11-5-4-6-12(17)13(11)18/h4-6,10H,2-3,7-9H2,1H3,(H,19,20)(H,21,22). The molecule has 0 bridgehead atoms. The number of carbonyl (C=O) groups is 2. The summed E-state index contributed by atoms with van der Waals surface area (Å²) in [5.41, 5.74) is -0.0103. The van der Waals surface area contributed by atoms with Crippen molar-refractivity contribution in [2.45, 2.75) is 38.0 Å². The summed E-state index contributed by atoms with van der Waals surface area (Å²) in [5.74, 6) is -3.30. The van der Waals surface area contributed by atoms with Crippen molar-refractivity contribution in [3.63, 3.8) is 0 Å². The predicted molar refractivity (Wildman–Crippen MR) is 81.4 cm³/mol. The van der Waals surface area contributed by atoms with Crippen molar-refractivity contribution >= 4 is 23.5 Å². The van der Waals surface area contributed by atoms with Gasteiger partial charge < -0.3 is 10.4 Å². The van der Waals surface area contributed by atoms with Crippen molar-refractivity contribution in [1.82, 2.24) is 5.32 Å². The van der Waals surface area contributed by atoms with Gasteiger partial charge in [0, 0.05) is 12.0 Å². The minimum atomic E-state index is -1.17. The summed E-state index contributed by atoms with van der Waals surface area (Å²) in [7, 11) is 0. The molecule has 0 radical (unpaired) electrons. The van der Waals surface area contributed by atoms with Gasteiger partial charge in [0.05, 0.1) is 5.02 Å². The molecule has 1 atom stereocenters. The van der Waals surface area contributed by atoms with E-state index < -0.39 is 29.0 Å². The smallest absolute Gasteiger partial charge is 0.315 e. The van der Waals surface area contributed by atoms with Crippen LogP contribution in [0.5, 0.6) is 0 Å². The molecule has 4 nitrogen and oxygen atoms in total. The lowest BCUT2D eigenvalue weighted by Gasteiger charge is -2.31. The first-order chi connectivity index (χ1) is 10.4. The molecule has 22 heavy (non-hydrogen) atoms. The summed E-state index contributed by atoms with van der Waals surface area (Å²) in [6, 6.07) is 4.88. The number of amides is 1. The van der Waals surface area contributed by atoms with E-state index in [1.807, 2.05) is 0 Å². The number of hydrogen-bond donors (Lipinski definition) is 2. The molecule has 1 fully saturated rings. The highest BCUT2D eigenvalue weighted by atomic mass is 35.5.